The maximum Gasteiger partial charge on any atom is 0.271 e. The van der Waals surface area contributed by atoms with Crippen molar-refractivity contribution in [2.75, 3.05) is 0 Å². The van der Waals surface area contributed by atoms with Gasteiger partial charge in [0.25, 0.3) is 11.8 Å². The highest BCUT2D eigenvalue weighted by Gasteiger charge is 2.33. The van der Waals surface area contributed by atoms with Crippen LogP contribution in [0.2, 0.25) is 0 Å². The topological polar surface area (TPSA) is 37.4 Å². The van der Waals surface area contributed by atoms with Crippen molar-refractivity contribution in [3.63, 3.8) is 0 Å². The van der Waals surface area contributed by atoms with Gasteiger partial charge in [0, 0.05) is 16.7 Å². The molecule has 0 N–H and O–H groups in total. The minimum absolute atomic E-state index is 0.400. The Bertz CT molecular complexity index is 561. The van der Waals surface area contributed by atoms with Gasteiger partial charge in [0.2, 0.25) is 0 Å². The van der Waals surface area contributed by atoms with Gasteiger partial charge in [-0.1, -0.05) is 57.5 Å². The molecule has 4 heteroatoms. The molecule has 1 heterocycles. The highest BCUT2D eigenvalue weighted by Crippen LogP contribution is 2.32. The van der Waals surface area contributed by atoms with Crippen molar-refractivity contribution in [3.8, 4) is 0 Å². The fourth-order valence-corrected chi connectivity index (χ4v) is 2.13. The van der Waals surface area contributed by atoms with E-state index < -0.39 is 11.8 Å². The second-order valence-corrected chi connectivity index (χ2v) is 4.00. The van der Waals surface area contributed by atoms with E-state index in [0.717, 1.165) is 9.87 Å². The lowest BCUT2D eigenvalue weighted by Gasteiger charge is -2.25. The van der Waals surface area contributed by atoms with Gasteiger partial charge >= 0.3 is 0 Å². The van der Waals surface area contributed by atoms with E-state index in [1.807, 2.05) is 19.9 Å². The molecule has 100 valence electrons. The maximum atomic E-state index is 11.9. The molecule has 19 heavy (non-hydrogen) atoms. The van der Waals surface area contributed by atoms with E-state index in [0.29, 0.717) is 16.7 Å². The van der Waals surface area contributed by atoms with Gasteiger partial charge in [-0.25, -0.2) is 4.31 Å². The molecule has 1 aromatic rings. The van der Waals surface area contributed by atoms with Crippen LogP contribution in [0, 0.1) is 0 Å². The summed E-state index contributed by atoms with van der Waals surface area (Å²) in [5, 5.41) is 0. The number of rotatable bonds is 1. The summed E-state index contributed by atoms with van der Waals surface area (Å²) in [6.07, 6.45) is 3.32. The molecule has 0 bridgehead atoms. The molecule has 0 aromatic heterocycles. The zero-order valence-corrected chi connectivity index (χ0v) is 12.2. The lowest BCUT2D eigenvalue weighted by Crippen LogP contribution is -2.35. The Hall–Kier alpha value is -1.81. The maximum absolute atomic E-state index is 11.9. The molecular weight excluding hydrogens is 258 g/mol. The molecular formula is C15H17NO2S. The van der Waals surface area contributed by atoms with Crippen LogP contribution in [0.4, 0.5) is 0 Å². The molecule has 1 aliphatic heterocycles. The van der Waals surface area contributed by atoms with Crippen LogP contribution < -0.4 is 0 Å². The third-order valence-electron chi connectivity index (χ3n) is 2.72. The van der Waals surface area contributed by atoms with Crippen LogP contribution in [0.25, 0.3) is 11.6 Å². The van der Waals surface area contributed by atoms with Crippen molar-refractivity contribution in [1.29, 1.82) is 0 Å². The Morgan fingerprint density at radius 2 is 1.84 bits per heavy atom. The Morgan fingerprint density at radius 1 is 1.21 bits per heavy atom. The number of imide groups is 1. The first-order chi connectivity index (χ1) is 9.11. The summed E-state index contributed by atoms with van der Waals surface area (Å²) in [4.78, 5) is 23.8. The number of fused-ring (bicyclic) bond motifs is 1. The number of amides is 2. The van der Waals surface area contributed by atoms with Crippen molar-refractivity contribution in [2.24, 2.45) is 0 Å². The van der Waals surface area contributed by atoms with E-state index >= 15 is 0 Å². The Labute approximate surface area is 119 Å². The quantitative estimate of drug-likeness (QED) is 0.483. The number of allylic oxidation sites excluding steroid dienone is 1. The van der Waals surface area contributed by atoms with Crippen molar-refractivity contribution < 1.29 is 9.59 Å². The molecule has 0 unspecified atom stereocenters. The average molecular weight is 275 g/mol. The molecule has 0 aliphatic carbocycles. The molecule has 0 spiro atoms. The van der Waals surface area contributed by atoms with Crippen LogP contribution in [-0.4, -0.2) is 16.1 Å². The predicted molar refractivity (Wildman–Crippen MR) is 81.7 cm³/mol. The third kappa shape index (κ3) is 2.49. The van der Waals surface area contributed by atoms with Crippen molar-refractivity contribution in [2.45, 2.75) is 20.8 Å². The molecule has 1 aromatic carbocycles. The van der Waals surface area contributed by atoms with Crippen LogP contribution in [0.3, 0.4) is 0 Å². The molecule has 0 saturated carbocycles. The monoisotopic (exact) mass is 275 g/mol. The normalized spacial score (nSPS) is 15.8. The molecule has 0 radical (unpaired) electrons. The van der Waals surface area contributed by atoms with Gasteiger partial charge < -0.3 is 0 Å². The van der Waals surface area contributed by atoms with Gasteiger partial charge in [0.15, 0.2) is 0 Å². The molecule has 3 nitrogen and oxygen atoms in total. The summed E-state index contributed by atoms with van der Waals surface area (Å²) in [7, 11) is 0. The van der Waals surface area contributed by atoms with Crippen LogP contribution >= 0.6 is 12.8 Å². The van der Waals surface area contributed by atoms with Gasteiger partial charge in [0.05, 0.1) is 0 Å². The Balaban J connectivity index is 0.000000861. The molecule has 0 atom stereocenters. The predicted octanol–water partition coefficient (Wildman–Crippen LogP) is 3.59. The minimum Gasteiger partial charge on any atom is -0.268 e. The zero-order valence-electron chi connectivity index (χ0n) is 11.3. The summed E-state index contributed by atoms with van der Waals surface area (Å²) in [5.41, 5.74) is 2.37. The molecule has 1 aliphatic rings. The van der Waals surface area contributed by atoms with Gasteiger partial charge in [-0.05, 0) is 18.6 Å². The highest BCUT2D eigenvalue weighted by molar-refractivity contribution is 7.79. The van der Waals surface area contributed by atoms with Gasteiger partial charge in [-0.3, -0.25) is 9.59 Å². The first kappa shape index (κ1) is 15.2. The third-order valence-corrected chi connectivity index (χ3v) is 3.08. The van der Waals surface area contributed by atoms with Gasteiger partial charge in [0.1, 0.15) is 0 Å². The second kappa shape index (κ2) is 6.38. The second-order valence-electron chi connectivity index (χ2n) is 3.60. The van der Waals surface area contributed by atoms with Gasteiger partial charge in [-0.2, -0.15) is 0 Å². The zero-order chi connectivity index (χ0) is 14.6. The number of thiol groups is 1. The molecule has 2 amide bonds. The lowest BCUT2D eigenvalue weighted by molar-refractivity contribution is -0.118. The van der Waals surface area contributed by atoms with Crippen LogP contribution in [0.1, 0.15) is 42.3 Å². The SMILES string of the molecule is C=Cc1cccc2c1/C(=C\C)C(=O)N(S)C2=O.CC. The number of hydrogen-bond donors (Lipinski definition) is 1. The largest absolute Gasteiger partial charge is 0.271 e. The standard InChI is InChI=1S/C13H11NO2S.C2H6/c1-3-8-6-5-7-10-11(8)9(4-2)12(15)14(17)13(10)16;1-2/h3-7,17H,1H2,2H3;1-2H3/b9-4+;. The Morgan fingerprint density at radius 3 is 2.37 bits per heavy atom. The summed E-state index contributed by atoms with van der Waals surface area (Å²) in [6.45, 7) is 9.45. The summed E-state index contributed by atoms with van der Waals surface area (Å²) in [5.74, 6) is -0.801. The number of nitrogens with zero attached hydrogens (tertiary/aromatic N) is 1. The minimum atomic E-state index is -0.400. The molecule has 0 fully saturated rings. The summed E-state index contributed by atoms with van der Waals surface area (Å²) >= 11 is 3.92. The van der Waals surface area contributed by atoms with E-state index in [2.05, 4.69) is 19.4 Å². The van der Waals surface area contributed by atoms with E-state index in [1.165, 1.54) is 0 Å². The first-order valence-electron chi connectivity index (χ1n) is 6.11. The summed E-state index contributed by atoms with van der Waals surface area (Å²) in [6, 6.07) is 5.27. The molecule has 0 saturated heterocycles. The number of carbonyl (C=O) groups is 2. The van der Waals surface area contributed by atoms with E-state index in [4.69, 9.17) is 0 Å². The molecule has 2 rings (SSSR count). The van der Waals surface area contributed by atoms with Crippen molar-refractivity contribution >= 4 is 36.3 Å². The average Bonchev–Trinajstić information content (AvgIpc) is 2.47. The van der Waals surface area contributed by atoms with Crippen LogP contribution in [0.15, 0.2) is 30.9 Å². The van der Waals surface area contributed by atoms with Crippen molar-refractivity contribution in [3.05, 3.63) is 47.5 Å². The number of hydrogen-bond acceptors (Lipinski definition) is 3. The smallest absolute Gasteiger partial charge is 0.268 e. The Kier molecular flexibility index (Phi) is 5.12. The van der Waals surface area contributed by atoms with Crippen LogP contribution in [0.5, 0.6) is 0 Å². The van der Waals surface area contributed by atoms with Crippen LogP contribution in [-0.2, 0) is 4.79 Å². The van der Waals surface area contributed by atoms with E-state index in [-0.39, 0.29) is 0 Å². The highest BCUT2D eigenvalue weighted by atomic mass is 32.1. The first-order valence-corrected chi connectivity index (χ1v) is 6.51. The van der Waals surface area contributed by atoms with Gasteiger partial charge in [-0.15, -0.1) is 0 Å². The number of benzene rings is 1. The van der Waals surface area contributed by atoms with E-state index in [9.17, 15) is 9.59 Å². The number of carbonyl (C=O) groups excluding carboxylic acids is 2. The van der Waals surface area contributed by atoms with Crippen molar-refractivity contribution in [1.82, 2.24) is 4.31 Å². The summed E-state index contributed by atoms with van der Waals surface area (Å²) < 4.78 is 0.838. The fraction of sp³-hybridized carbons (Fsp3) is 0.200. The lowest BCUT2D eigenvalue weighted by atomic mass is 9.90. The fourth-order valence-electron chi connectivity index (χ4n) is 1.91. The van der Waals surface area contributed by atoms with E-state index in [1.54, 1.807) is 31.2 Å².